The van der Waals surface area contributed by atoms with E-state index in [1.54, 1.807) is 11.3 Å². The summed E-state index contributed by atoms with van der Waals surface area (Å²) in [5.74, 6) is 1.17. The van der Waals surface area contributed by atoms with E-state index in [1.165, 1.54) is 11.4 Å². The van der Waals surface area contributed by atoms with Gasteiger partial charge in [0.15, 0.2) is 10.8 Å². The minimum atomic E-state index is 0.917. The molecule has 114 valence electrons. The van der Waals surface area contributed by atoms with Crippen molar-refractivity contribution in [1.82, 2.24) is 19.6 Å². The van der Waals surface area contributed by atoms with Crippen LogP contribution in [-0.4, -0.2) is 45.8 Å². The summed E-state index contributed by atoms with van der Waals surface area (Å²) in [6.07, 6.45) is 3.69. The lowest BCUT2D eigenvalue weighted by molar-refractivity contribution is 0.635. The molecule has 22 heavy (non-hydrogen) atoms. The highest BCUT2D eigenvalue weighted by molar-refractivity contribution is 7.13. The summed E-state index contributed by atoms with van der Waals surface area (Å²) in [5.41, 5.74) is 3.20. The number of hydrogen-bond donors (Lipinski definition) is 0. The Hall–Kier alpha value is -2.15. The lowest BCUT2D eigenvalue weighted by atomic mass is 10.2. The first-order valence-electron chi connectivity index (χ1n) is 7.44. The van der Waals surface area contributed by atoms with Gasteiger partial charge in [-0.3, -0.25) is 0 Å². The van der Waals surface area contributed by atoms with Crippen LogP contribution in [0.25, 0.3) is 5.65 Å². The van der Waals surface area contributed by atoms with Crippen molar-refractivity contribution < 1.29 is 0 Å². The Balaban J connectivity index is 1.64. The molecule has 1 saturated heterocycles. The Morgan fingerprint density at radius 2 is 1.82 bits per heavy atom. The number of piperazine rings is 1. The molecule has 0 spiro atoms. The maximum Gasteiger partial charge on any atom is 0.185 e. The predicted octanol–water partition coefficient (Wildman–Crippen LogP) is 2.13. The lowest BCUT2D eigenvalue weighted by Crippen LogP contribution is -2.47. The summed E-state index contributed by atoms with van der Waals surface area (Å²) in [6, 6.07) is 1.96. The van der Waals surface area contributed by atoms with Crippen molar-refractivity contribution in [2.75, 3.05) is 36.0 Å². The Labute approximate surface area is 133 Å². The summed E-state index contributed by atoms with van der Waals surface area (Å²) in [6.45, 7) is 8.11. The van der Waals surface area contributed by atoms with E-state index in [2.05, 4.69) is 38.7 Å². The average Bonchev–Trinajstić information content (AvgIpc) is 3.20. The van der Waals surface area contributed by atoms with Gasteiger partial charge in [0, 0.05) is 55.1 Å². The third kappa shape index (κ3) is 2.12. The van der Waals surface area contributed by atoms with Crippen LogP contribution in [0.1, 0.15) is 11.3 Å². The van der Waals surface area contributed by atoms with Gasteiger partial charge in [-0.2, -0.15) is 9.61 Å². The van der Waals surface area contributed by atoms with Crippen molar-refractivity contribution in [3.8, 4) is 0 Å². The van der Waals surface area contributed by atoms with E-state index in [-0.39, 0.29) is 0 Å². The number of fused-ring (bicyclic) bond motifs is 1. The standard InChI is InChI=1S/C15H18N6S/c1-11-12(2)18-13-3-4-17-21(13)14(11)19-6-8-20(9-7-19)15-16-5-10-22-15/h3-5,10H,6-9H2,1-2H3. The third-order valence-electron chi connectivity index (χ3n) is 4.25. The Bertz CT molecular complexity index is 786. The Morgan fingerprint density at radius 1 is 1.05 bits per heavy atom. The van der Waals surface area contributed by atoms with Gasteiger partial charge in [-0.15, -0.1) is 11.3 Å². The molecule has 0 bridgehead atoms. The molecular weight excluding hydrogens is 296 g/mol. The van der Waals surface area contributed by atoms with Crippen LogP contribution in [0.2, 0.25) is 0 Å². The highest BCUT2D eigenvalue weighted by Crippen LogP contribution is 2.26. The molecule has 3 aromatic rings. The SMILES string of the molecule is Cc1nc2ccnn2c(N2CCN(c3nccs3)CC2)c1C. The second-order valence-electron chi connectivity index (χ2n) is 5.54. The largest absolute Gasteiger partial charge is 0.353 e. The summed E-state index contributed by atoms with van der Waals surface area (Å²) >= 11 is 1.70. The van der Waals surface area contributed by atoms with Gasteiger partial charge in [0.1, 0.15) is 5.82 Å². The van der Waals surface area contributed by atoms with Crippen LogP contribution in [0, 0.1) is 13.8 Å². The van der Waals surface area contributed by atoms with Gasteiger partial charge in [-0.1, -0.05) is 0 Å². The van der Waals surface area contributed by atoms with Crippen LogP contribution in [-0.2, 0) is 0 Å². The molecule has 7 heteroatoms. The van der Waals surface area contributed by atoms with Crippen LogP contribution in [0.4, 0.5) is 10.9 Å². The number of hydrogen-bond acceptors (Lipinski definition) is 6. The summed E-state index contributed by atoms with van der Waals surface area (Å²) in [4.78, 5) is 13.8. The van der Waals surface area contributed by atoms with E-state index in [1.807, 2.05) is 28.4 Å². The molecule has 6 nitrogen and oxygen atoms in total. The van der Waals surface area contributed by atoms with Crippen molar-refractivity contribution in [3.63, 3.8) is 0 Å². The zero-order chi connectivity index (χ0) is 15.1. The van der Waals surface area contributed by atoms with E-state index >= 15 is 0 Å². The zero-order valence-corrected chi connectivity index (χ0v) is 13.5. The van der Waals surface area contributed by atoms with Gasteiger partial charge < -0.3 is 9.80 Å². The van der Waals surface area contributed by atoms with Crippen LogP contribution >= 0.6 is 11.3 Å². The number of anilines is 2. The molecule has 0 atom stereocenters. The topological polar surface area (TPSA) is 49.6 Å². The fraction of sp³-hybridized carbons (Fsp3) is 0.400. The number of rotatable bonds is 2. The van der Waals surface area contributed by atoms with Crippen molar-refractivity contribution in [3.05, 3.63) is 35.1 Å². The first-order chi connectivity index (χ1) is 10.7. The highest BCUT2D eigenvalue weighted by Gasteiger charge is 2.23. The highest BCUT2D eigenvalue weighted by atomic mass is 32.1. The molecule has 1 aliphatic heterocycles. The molecular formula is C15H18N6S. The van der Waals surface area contributed by atoms with E-state index in [0.717, 1.165) is 42.7 Å². The molecule has 0 saturated carbocycles. The molecule has 0 radical (unpaired) electrons. The number of aromatic nitrogens is 4. The molecule has 1 fully saturated rings. The quantitative estimate of drug-likeness (QED) is 0.725. The van der Waals surface area contributed by atoms with Gasteiger partial charge in [0.2, 0.25) is 0 Å². The maximum absolute atomic E-state index is 4.60. The maximum atomic E-state index is 4.60. The molecule has 4 rings (SSSR count). The average molecular weight is 314 g/mol. The van der Waals surface area contributed by atoms with Gasteiger partial charge in [-0.25, -0.2) is 9.97 Å². The van der Waals surface area contributed by atoms with E-state index in [4.69, 9.17) is 0 Å². The van der Waals surface area contributed by atoms with E-state index in [0.29, 0.717) is 0 Å². The van der Waals surface area contributed by atoms with E-state index < -0.39 is 0 Å². The molecule has 0 unspecified atom stereocenters. The lowest BCUT2D eigenvalue weighted by Gasteiger charge is -2.36. The minimum absolute atomic E-state index is 0.917. The zero-order valence-electron chi connectivity index (χ0n) is 12.7. The number of thiazole rings is 1. The monoisotopic (exact) mass is 314 g/mol. The van der Waals surface area contributed by atoms with Gasteiger partial charge in [0.25, 0.3) is 0 Å². The first-order valence-corrected chi connectivity index (χ1v) is 8.32. The normalized spacial score (nSPS) is 15.7. The smallest absolute Gasteiger partial charge is 0.185 e. The summed E-state index contributed by atoms with van der Waals surface area (Å²) < 4.78 is 1.96. The second kappa shape index (κ2) is 5.24. The van der Waals surface area contributed by atoms with Crippen LogP contribution in [0.15, 0.2) is 23.8 Å². The van der Waals surface area contributed by atoms with Crippen LogP contribution in [0.5, 0.6) is 0 Å². The van der Waals surface area contributed by atoms with Crippen molar-refractivity contribution in [1.29, 1.82) is 0 Å². The van der Waals surface area contributed by atoms with Gasteiger partial charge in [0.05, 0.1) is 6.20 Å². The predicted molar refractivity (Wildman–Crippen MR) is 89.0 cm³/mol. The molecule has 0 aromatic carbocycles. The van der Waals surface area contributed by atoms with Crippen LogP contribution in [0.3, 0.4) is 0 Å². The number of aryl methyl sites for hydroxylation is 1. The Morgan fingerprint density at radius 3 is 2.55 bits per heavy atom. The molecule has 0 aliphatic carbocycles. The van der Waals surface area contributed by atoms with Gasteiger partial charge in [-0.05, 0) is 13.8 Å². The molecule has 0 amide bonds. The summed E-state index contributed by atoms with van der Waals surface area (Å²) in [7, 11) is 0. The minimum Gasteiger partial charge on any atom is -0.353 e. The van der Waals surface area contributed by atoms with Crippen molar-refractivity contribution >= 4 is 27.9 Å². The van der Waals surface area contributed by atoms with Crippen molar-refractivity contribution in [2.24, 2.45) is 0 Å². The third-order valence-corrected chi connectivity index (χ3v) is 5.08. The fourth-order valence-corrected chi connectivity index (χ4v) is 3.67. The molecule has 4 heterocycles. The molecule has 3 aromatic heterocycles. The van der Waals surface area contributed by atoms with Crippen molar-refractivity contribution in [2.45, 2.75) is 13.8 Å². The molecule has 1 aliphatic rings. The van der Waals surface area contributed by atoms with E-state index in [9.17, 15) is 0 Å². The van der Waals surface area contributed by atoms with Gasteiger partial charge >= 0.3 is 0 Å². The van der Waals surface area contributed by atoms with Crippen LogP contribution < -0.4 is 9.80 Å². The number of nitrogens with zero attached hydrogens (tertiary/aromatic N) is 6. The first kappa shape index (κ1) is 13.5. The fourth-order valence-electron chi connectivity index (χ4n) is 2.97. The molecule has 0 N–H and O–H groups in total. The summed E-state index contributed by atoms with van der Waals surface area (Å²) in [5, 5.41) is 7.60. The Kier molecular flexibility index (Phi) is 3.22. The second-order valence-corrected chi connectivity index (χ2v) is 6.41.